The van der Waals surface area contributed by atoms with E-state index in [1.54, 1.807) is 6.07 Å². The lowest BCUT2D eigenvalue weighted by Crippen LogP contribution is -2.24. The fourth-order valence-electron chi connectivity index (χ4n) is 3.21. The molecule has 0 saturated carbocycles. The van der Waals surface area contributed by atoms with E-state index in [-0.39, 0.29) is 24.3 Å². The number of amides is 2. The summed E-state index contributed by atoms with van der Waals surface area (Å²) in [5, 5.41) is 6.80. The zero-order valence-electron chi connectivity index (χ0n) is 15.4. The van der Waals surface area contributed by atoms with Gasteiger partial charge in [0, 0.05) is 30.3 Å². The number of benzene rings is 1. The summed E-state index contributed by atoms with van der Waals surface area (Å²) in [6.07, 6.45) is 0.368. The molecule has 1 fully saturated rings. The molecule has 1 aliphatic rings. The van der Waals surface area contributed by atoms with E-state index in [0.717, 1.165) is 10.4 Å². The summed E-state index contributed by atoms with van der Waals surface area (Å²) in [7, 11) is 0. The van der Waals surface area contributed by atoms with Crippen LogP contribution in [0.2, 0.25) is 0 Å². The number of rotatable bonds is 6. The van der Waals surface area contributed by atoms with Gasteiger partial charge >= 0.3 is 0 Å². The lowest BCUT2D eigenvalue weighted by Gasteiger charge is -2.15. The third kappa shape index (κ3) is 4.12. The Morgan fingerprint density at radius 2 is 2.11 bits per heavy atom. The monoisotopic (exact) mass is 396 g/mol. The van der Waals surface area contributed by atoms with Crippen molar-refractivity contribution in [2.45, 2.75) is 32.4 Å². The van der Waals surface area contributed by atoms with Gasteiger partial charge < -0.3 is 14.7 Å². The number of likely N-dealkylation sites (tertiary alicyclic amines) is 1. The summed E-state index contributed by atoms with van der Waals surface area (Å²) in [6, 6.07) is 13.6. The fourth-order valence-corrected chi connectivity index (χ4v) is 3.99. The second-order valence-corrected chi connectivity index (χ2v) is 8.09. The van der Waals surface area contributed by atoms with Gasteiger partial charge in [0.25, 0.3) is 5.91 Å². The number of carbonyl (C=O) groups excluding carboxylic acids is 2. The molecule has 7 nitrogen and oxygen atoms in total. The molecule has 1 saturated heterocycles. The van der Waals surface area contributed by atoms with Crippen molar-refractivity contribution in [1.82, 2.24) is 20.4 Å². The average Bonchev–Trinajstić information content (AvgIpc) is 3.42. The molecule has 2 amide bonds. The van der Waals surface area contributed by atoms with E-state index in [0.29, 0.717) is 36.1 Å². The van der Waals surface area contributed by atoms with Crippen molar-refractivity contribution in [3.05, 3.63) is 69.5 Å². The maximum Gasteiger partial charge on any atom is 0.261 e. The van der Waals surface area contributed by atoms with Gasteiger partial charge in [0.15, 0.2) is 5.82 Å². The number of hydrogen-bond acceptors (Lipinski definition) is 6. The molecule has 0 bridgehead atoms. The van der Waals surface area contributed by atoms with Crippen molar-refractivity contribution in [3.8, 4) is 0 Å². The first-order chi connectivity index (χ1) is 13.6. The number of aryl methyl sites for hydroxylation is 1. The summed E-state index contributed by atoms with van der Waals surface area (Å²) in [4.78, 5) is 32.4. The van der Waals surface area contributed by atoms with Crippen LogP contribution in [0.4, 0.5) is 0 Å². The van der Waals surface area contributed by atoms with E-state index in [9.17, 15) is 9.59 Å². The van der Waals surface area contributed by atoms with Crippen LogP contribution in [0, 0.1) is 6.92 Å². The summed E-state index contributed by atoms with van der Waals surface area (Å²) in [6.45, 7) is 3.26. The molecule has 1 atom stereocenters. The highest BCUT2D eigenvalue weighted by Crippen LogP contribution is 2.27. The van der Waals surface area contributed by atoms with Crippen molar-refractivity contribution in [1.29, 1.82) is 0 Å². The van der Waals surface area contributed by atoms with Crippen molar-refractivity contribution >= 4 is 23.2 Å². The van der Waals surface area contributed by atoms with Crippen molar-refractivity contribution in [2.75, 3.05) is 6.54 Å². The topological polar surface area (TPSA) is 88.3 Å². The largest absolute Gasteiger partial charge is 0.342 e. The molecule has 4 rings (SSSR count). The predicted molar refractivity (Wildman–Crippen MR) is 104 cm³/mol. The summed E-state index contributed by atoms with van der Waals surface area (Å²) < 4.78 is 5.26. The van der Waals surface area contributed by atoms with Crippen LogP contribution in [0.1, 0.15) is 44.2 Å². The van der Waals surface area contributed by atoms with Crippen LogP contribution < -0.4 is 5.32 Å². The molecule has 0 unspecified atom stereocenters. The fraction of sp³-hybridized carbons (Fsp3) is 0.300. The van der Waals surface area contributed by atoms with Crippen LogP contribution in [-0.2, 0) is 17.9 Å². The Morgan fingerprint density at radius 3 is 2.86 bits per heavy atom. The van der Waals surface area contributed by atoms with Gasteiger partial charge in [-0.05, 0) is 24.6 Å². The Hall–Kier alpha value is -3.00. The number of aromatic nitrogens is 2. The van der Waals surface area contributed by atoms with Gasteiger partial charge in [-0.3, -0.25) is 9.59 Å². The number of hydrogen-bond donors (Lipinski definition) is 1. The van der Waals surface area contributed by atoms with Gasteiger partial charge in [0.1, 0.15) is 0 Å². The standard InChI is InChI=1S/C20H20N4O3S/c1-13-7-8-16(28-13)20(26)21-10-17-22-19(23-27-17)15-9-18(25)24(12-15)11-14-5-3-2-4-6-14/h2-8,15H,9-12H2,1H3,(H,21,26)/t15-/m1/s1. The van der Waals surface area contributed by atoms with Crippen molar-refractivity contribution in [3.63, 3.8) is 0 Å². The molecule has 1 aromatic carbocycles. The third-order valence-electron chi connectivity index (χ3n) is 4.64. The molecule has 1 aliphatic heterocycles. The van der Waals surface area contributed by atoms with Gasteiger partial charge in [-0.15, -0.1) is 11.3 Å². The van der Waals surface area contributed by atoms with Crippen LogP contribution in [-0.4, -0.2) is 33.4 Å². The van der Waals surface area contributed by atoms with E-state index in [1.165, 1.54) is 11.3 Å². The molecule has 0 spiro atoms. The Bertz CT molecular complexity index is 982. The zero-order valence-corrected chi connectivity index (χ0v) is 16.2. The Balaban J connectivity index is 1.34. The Morgan fingerprint density at radius 1 is 1.29 bits per heavy atom. The molecular weight excluding hydrogens is 376 g/mol. The van der Waals surface area contributed by atoms with E-state index < -0.39 is 0 Å². The molecular formula is C20H20N4O3S. The smallest absolute Gasteiger partial charge is 0.261 e. The van der Waals surface area contributed by atoms with Crippen LogP contribution in [0.15, 0.2) is 47.0 Å². The van der Waals surface area contributed by atoms with Crippen LogP contribution >= 0.6 is 11.3 Å². The molecule has 144 valence electrons. The van der Waals surface area contributed by atoms with Gasteiger partial charge in [-0.1, -0.05) is 35.5 Å². The molecule has 1 N–H and O–H groups in total. The molecule has 0 aliphatic carbocycles. The molecule has 8 heteroatoms. The number of nitrogens with zero attached hydrogens (tertiary/aromatic N) is 3. The van der Waals surface area contributed by atoms with Gasteiger partial charge in [-0.2, -0.15) is 4.98 Å². The maximum absolute atomic E-state index is 12.3. The molecule has 28 heavy (non-hydrogen) atoms. The second kappa shape index (κ2) is 7.93. The van der Waals surface area contributed by atoms with Crippen molar-refractivity contribution < 1.29 is 14.1 Å². The minimum Gasteiger partial charge on any atom is -0.342 e. The normalized spacial score (nSPS) is 16.5. The molecule has 0 radical (unpaired) electrons. The lowest BCUT2D eigenvalue weighted by molar-refractivity contribution is -0.128. The number of nitrogens with one attached hydrogen (secondary N) is 1. The Labute approximate surface area is 166 Å². The molecule has 3 heterocycles. The summed E-state index contributed by atoms with van der Waals surface area (Å²) in [5.74, 6) is 0.680. The average molecular weight is 396 g/mol. The minimum absolute atomic E-state index is 0.0848. The van der Waals surface area contributed by atoms with Crippen molar-refractivity contribution in [2.24, 2.45) is 0 Å². The van der Waals surface area contributed by atoms with Gasteiger partial charge in [-0.25, -0.2) is 0 Å². The highest BCUT2D eigenvalue weighted by molar-refractivity contribution is 7.13. The van der Waals surface area contributed by atoms with E-state index in [2.05, 4.69) is 15.5 Å². The highest BCUT2D eigenvalue weighted by Gasteiger charge is 2.33. The summed E-state index contributed by atoms with van der Waals surface area (Å²) in [5.41, 5.74) is 1.09. The summed E-state index contributed by atoms with van der Waals surface area (Å²) >= 11 is 1.44. The van der Waals surface area contributed by atoms with Gasteiger partial charge in [0.05, 0.1) is 11.4 Å². The van der Waals surface area contributed by atoms with E-state index in [4.69, 9.17) is 4.52 Å². The predicted octanol–water partition coefficient (Wildman–Crippen LogP) is 2.89. The second-order valence-electron chi connectivity index (χ2n) is 6.80. The van der Waals surface area contributed by atoms with Gasteiger partial charge in [0.2, 0.25) is 11.8 Å². The van der Waals surface area contributed by atoms with Crippen LogP contribution in [0.5, 0.6) is 0 Å². The molecule has 3 aromatic rings. The molecule has 2 aromatic heterocycles. The quantitative estimate of drug-likeness (QED) is 0.692. The first kappa shape index (κ1) is 18.4. The number of carbonyl (C=O) groups is 2. The maximum atomic E-state index is 12.3. The third-order valence-corrected chi connectivity index (χ3v) is 5.64. The van der Waals surface area contributed by atoms with E-state index >= 15 is 0 Å². The van der Waals surface area contributed by atoms with Crippen LogP contribution in [0.25, 0.3) is 0 Å². The Kier molecular flexibility index (Phi) is 5.21. The highest BCUT2D eigenvalue weighted by atomic mass is 32.1. The first-order valence-electron chi connectivity index (χ1n) is 9.07. The van der Waals surface area contributed by atoms with Crippen LogP contribution in [0.3, 0.4) is 0 Å². The number of thiophene rings is 1. The van der Waals surface area contributed by atoms with E-state index in [1.807, 2.05) is 48.2 Å². The SMILES string of the molecule is Cc1ccc(C(=O)NCc2nc([C@@H]3CC(=O)N(Cc4ccccc4)C3)no2)s1. The zero-order chi connectivity index (χ0) is 19.5. The lowest BCUT2D eigenvalue weighted by atomic mass is 10.1. The first-order valence-corrected chi connectivity index (χ1v) is 9.89. The minimum atomic E-state index is -0.164.